The number of aliphatic hydroxyl groups excluding tert-OH is 8. The number of aliphatic imine (C=N–C) groups is 2. The van der Waals surface area contributed by atoms with Gasteiger partial charge in [0.05, 0.1) is 91.4 Å². The predicted octanol–water partition coefficient (Wildman–Crippen LogP) is 3.54. The molecule has 0 aliphatic heterocycles. The Morgan fingerprint density at radius 3 is 1.13 bits per heavy atom. The van der Waals surface area contributed by atoms with Crippen molar-refractivity contribution in [3.8, 4) is 12.5 Å². The van der Waals surface area contributed by atoms with Crippen LogP contribution in [0.3, 0.4) is 0 Å². The molecule has 0 saturated heterocycles. The molecule has 2 aromatic rings. The standard InChI is InChI=1S/2C10H8N2O2.2C6H14O3.2C6H12O2.CH4/c2*11-7-14-6-10-3-1-2-9(4-10)5-12-8-13;2*1-2-6(3-7,4-8)5-9;2*1-3-4-8-6(2)5-7;/h2*1-4H,5-6H2;2*7-9H,2-5H2,1H3;2*3,6-7H,1,4-5H2,2H3;1H4. The molecule has 18 nitrogen and oxygen atoms in total. The molecule has 2 atom stereocenters. The molecule has 0 heterocycles. The molecule has 0 radical (unpaired) electrons. The summed E-state index contributed by atoms with van der Waals surface area (Å²) in [4.78, 5) is 26.7. The van der Waals surface area contributed by atoms with E-state index in [9.17, 15) is 9.59 Å². The highest BCUT2D eigenvalue weighted by Crippen LogP contribution is 2.19. The molecule has 0 aliphatic carbocycles. The minimum Gasteiger partial charge on any atom is -0.423 e. The summed E-state index contributed by atoms with van der Waals surface area (Å²) in [5.74, 6) is 0. The third kappa shape index (κ3) is 38.3. The Morgan fingerprint density at radius 1 is 0.619 bits per heavy atom. The lowest BCUT2D eigenvalue weighted by atomic mass is 9.88. The molecule has 0 bridgehead atoms. The Balaban J connectivity index is -0.000000217. The number of isocyanates is 2. The summed E-state index contributed by atoms with van der Waals surface area (Å²) < 4.78 is 19.1. The Labute approximate surface area is 373 Å². The number of benzene rings is 2. The maximum absolute atomic E-state index is 9.88. The summed E-state index contributed by atoms with van der Waals surface area (Å²) in [6, 6.07) is 14.7. The second-order valence-electron chi connectivity index (χ2n) is 13.1. The van der Waals surface area contributed by atoms with Crippen LogP contribution in [0.5, 0.6) is 0 Å². The fourth-order valence-corrected chi connectivity index (χ4v) is 3.65. The first-order valence-corrected chi connectivity index (χ1v) is 19.4. The van der Waals surface area contributed by atoms with Gasteiger partial charge in [-0.25, -0.2) is 19.6 Å². The average molecular weight is 893 g/mol. The summed E-state index contributed by atoms with van der Waals surface area (Å²) in [5.41, 5.74) is 2.22. The maximum atomic E-state index is 9.88. The monoisotopic (exact) mass is 893 g/mol. The number of ether oxygens (including phenoxy) is 4. The fourth-order valence-electron chi connectivity index (χ4n) is 3.65. The zero-order chi connectivity index (χ0) is 47.9. The molecule has 356 valence electrons. The lowest BCUT2D eigenvalue weighted by Gasteiger charge is -2.24. The Bertz CT molecular complexity index is 1410. The van der Waals surface area contributed by atoms with Gasteiger partial charge in [0, 0.05) is 10.8 Å². The third-order valence-electron chi connectivity index (χ3n) is 8.27. The van der Waals surface area contributed by atoms with E-state index in [2.05, 4.69) is 32.6 Å². The molecule has 0 saturated carbocycles. The number of carbonyl (C=O) groups excluding carboxylic acids is 2. The van der Waals surface area contributed by atoms with Crippen molar-refractivity contribution in [2.24, 2.45) is 20.8 Å². The van der Waals surface area contributed by atoms with Gasteiger partial charge in [-0.2, -0.15) is 10.5 Å². The van der Waals surface area contributed by atoms with Crippen LogP contribution in [0, 0.1) is 33.9 Å². The number of hydrogen-bond donors (Lipinski definition) is 8. The van der Waals surface area contributed by atoms with Crippen molar-refractivity contribution >= 4 is 12.2 Å². The van der Waals surface area contributed by atoms with Crippen LogP contribution < -0.4 is 0 Å². The van der Waals surface area contributed by atoms with E-state index < -0.39 is 10.8 Å². The summed E-state index contributed by atoms with van der Waals surface area (Å²) >= 11 is 0. The molecule has 2 aromatic carbocycles. The SMILES string of the molecule is C.C=CCOC(C)CO.C=CCOC(C)CO.CCC(CO)(CO)CO.CCC(CO)(CO)CO.N#COCc1cccc(CN=C=O)c1.N#COCc1cccc(CN=C=O)c1. The van der Waals surface area contributed by atoms with E-state index in [1.807, 2.05) is 76.2 Å². The van der Waals surface area contributed by atoms with Gasteiger partial charge in [-0.1, -0.05) is 82.0 Å². The van der Waals surface area contributed by atoms with Crippen LogP contribution in [0.25, 0.3) is 0 Å². The largest absolute Gasteiger partial charge is 0.423 e. The van der Waals surface area contributed by atoms with Crippen LogP contribution in [-0.4, -0.2) is 131 Å². The minimum absolute atomic E-state index is 0. The topological polar surface area (TPSA) is 305 Å². The zero-order valence-electron chi connectivity index (χ0n) is 36.5. The molecule has 0 aliphatic rings. The summed E-state index contributed by atoms with van der Waals surface area (Å²) in [6.45, 7) is 15.5. The molecule has 0 fully saturated rings. The lowest BCUT2D eigenvalue weighted by molar-refractivity contribution is 0.00275. The highest BCUT2D eigenvalue weighted by molar-refractivity contribution is 5.34. The van der Waals surface area contributed by atoms with E-state index in [4.69, 9.17) is 60.8 Å². The van der Waals surface area contributed by atoms with Gasteiger partial charge < -0.3 is 59.8 Å². The van der Waals surface area contributed by atoms with Gasteiger partial charge in [0.1, 0.15) is 13.2 Å². The molecule has 2 unspecified atom stereocenters. The van der Waals surface area contributed by atoms with E-state index in [-0.39, 0.29) is 85.7 Å². The Morgan fingerprint density at radius 2 is 0.921 bits per heavy atom. The van der Waals surface area contributed by atoms with Crippen LogP contribution in [0.15, 0.2) is 83.8 Å². The molecular weight excluding hydrogens is 821 g/mol. The van der Waals surface area contributed by atoms with E-state index in [1.165, 1.54) is 12.2 Å². The molecule has 0 aromatic heterocycles. The molecule has 63 heavy (non-hydrogen) atoms. The second-order valence-corrected chi connectivity index (χ2v) is 13.1. The molecule has 18 heteroatoms. The minimum atomic E-state index is -0.667. The molecule has 2 rings (SSSR count). The van der Waals surface area contributed by atoms with Crippen LogP contribution in [0.2, 0.25) is 0 Å². The lowest BCUT2D eigenvalue weighted by Crippen LogP contribution is -2.32. The number of hydrogen-bond acceptors (Lipinski definition) is 18. The van der Waals surface area contributed by atoms with Gasteiger partial charge in [0.25, 0.3) is 12.5 Å². The smallest absolute Gasteiger partial charge is 0.286 e. The van der Waals surface area contributed by atoms with Gasteiger partial charge in [-0.15, -0.1) is 13.2 Å². The Hall–Kier alpha value is -5.14. The maximum Gasteiger partial charge on any atom is 0.286 e. The van der Waals surface area contributed by atoms with Crippen molar-refractivity contribution in [2.75, 3.05) is 66.1 Å². The summed E-state index contributed by atoms with van der Waals surface area (Å²) in [6.07, 6.45) is 10.5. The summed E-state index contributed by atoms with van der Waals surface area (Å²) in [7, 11) is 0. The number of rotatable bonds is 24. The first kappa shape index (κ1) is 66.9. The van der Waals surface area contributed by atoms with Crippen molar-refractivity contribution in [2.45, 2.75) is 86.5 Å². The number of nitriles is 2. The number of nitrogens with zero attached hydrogens (tertiary/aromatic N) is 4. The second kappa shape index (κ2) is 47.9. The van der Waals surface area contributed by atoms with E-state index in [1.54, 1.807) is 24.7 Å². The first-order valence-electron chi connectivity index (χ1n) is 19.4. The highest BCUT2D eigenvalue weighted by Gasteiger charge is 2.25. The van der Waals surface area contributed by atoms with Crippen molar-refractivity contribution in [1.29, 1.82) is 10.5 Å². The van der Waals surface area contributed by atoms with Gasteiger partial charge in [0.15, 0.2) is 0 Å². The van der Waals surface area contributed by atoms with E-state index in [0.29, 0.717) is 39.1 Å². The highest BCUT2D eigenvalue weighted by atomic mass is 16.5. The summed E-state index contributed by atoms with van der Waals surface area (Å²) in [5, 5.41) is 85.1. The van der Waals surface area contributed by atoms with E-state index in [0.717, 1.165) is 22.3 Å². The average Bonchev–Trinajstić information content (AvgIpc) is 3.32. The first-order chi connectivity index (χ1) is 29.8. The van der Waals surface area contributed by atoms with Crippen LogP contribution in [-0.2, 0) is 54.8 Å². The van der Waals surface area contributed by atoms with Crippen molar-refractivity contribution in [1.82, 2.24) is 0 Å². The van der Waals surface area contributed by atoms with Crippen LogP contribution in [0.4, 0.5) is 0 Å². The third-order valence-corrected chi connectivity index (χ3v) is 8.27. The van der Waals surface area contributed by atoms with Crippen molar-refractivity contribution in [3.63, 3.8) is 0 Å². The van der Waals surface area contributed by atoms with Crippen molar-refractivity contribution < 1.29 is 69.4 Å². The van der Waals surface area contributed by atoms with Gasteiger partial charge in [-0.05, 0) is 48.9 Å². The molecular formula is C45H72N4O14. The van der Waals surface area contributed by atoms with Crippen LogP contribution >= 0.6 is 0 Å². The van der Waals surface area contributed by atoms with Gasteiger partial charge >= 0.3 is 0 Å². The molecule has 0 amide bonds. The normalized spacial score (nSPS) is 10.6. The molecule has 0 spiro atoms. The zero-order valence-corrected chi connectivity index (χ0v) is 36.5. The van der Waals surface area contributed by atoms with Crippen molar-refractivity contribution in [3.05, 3.63) is 96.1 Å². The number of aliphatic hydroxyl groups is 8. The van der Waals surface area contributed by atoms with Crippen LogP contribution in [0.1, 0.15) is 70.2 Å². The quantitative estimate of drug-likeness (QED) is 0.0324. The Kier molecular flexibility index (Phi) is 50.9. The fraction of sp³-hybridized carbons (Fsp3) is 0.556. The van der Waals surface area contributed by atoms with E-state index >= 15 is 0 Å². The predicted molar refractivity (Wildman–Crippen MR) is 237 cm³/mol. The molecule has 8 N–H and O–H groups in total. The van der Waals surface area contributed by atoms with Gasteiger partial charge in [0.2, 0.25) is 12.2 Å². The van der Waals surface area contributed by atoms with Gasteiger partial charge in [-0.3, -0.25) is 0 Å².